The largest absolute Gasteiger partial charge is 0.358 e. The Bertz CT molecular complexity index is 1620. The number of nitriles is 2. The number of sulfonamides is 1. The average Bonchev–Trinajstić information content (AvgIpc) is 3.42. The van der Waals surface area contributed by atoms with Crippen molar-refractivity contribution >= 4 is 15.7 Å². The van der Waals surface area contributed by atoms with Gasteiger partial charge in [-0.15, -0.1) is 0 Å². The number of H-pyrrole nitrogens is 1. The van der Waals surface area contributed by atoms with Gasteiger partial charge in [-0.2, -0.15) is 14.8 Å². The van der Waals surface area contributed by atoms with Gasteiger partial charge in [0.05, 0.1) is 53.8 Å². The molecule has 0 radical (unpaired) electrons. The zero-order valence-corrected chi connectivity index (χ0v) is 22.3. The minimum atomic E-state index is -3.53. The summed E-state index contributed by atoms with van der Waals surface area (Å²) in [7, 11) is -3.53. The monoisotopic (exact) mass is 536 g/mol. The Balaban J connectivity index is 1.68. The molecule has 8 nitrogen and oxygen atoms in total. The molecule has 9 heteroatoms. The van der Waals surface area contributed by atoms with Crippen LogP contribution in [0.4, 0.5) is 5.69 Å². The maximum Gasteiger partial charge on any atom is 0.211 e. The summed E-state index contributed by atoms with van der Waals surface area (Å²) in [5.41, 5.74) is 5.75. The van der Waals surface area contributed by atoms with Crippen molar-refractivity contribution in [1.82, 2.24) is 14.3 Å². The minimum absolute atomic E-state index is 0.179. The molecule has 196 valence electrons. The van der Waals surface area contributed by atoms with Gasteiger partial charge in [0.15, 0.2) is 0 Å². The molecule has 0 fully saturated rings. The van der Waals surface area contributed by atoms with Gasteiger partial charge in [0.2, 0.25) is 10.0 Å². The van der Waals surface area contributed by atoms with Crippen LogP contribution in [0.1, 0.15) is 39.6 Å². The molecule has 5 rings (SSSR count). The number of hydrogen-bond donors (Lipinski definition) is 1. The average molecular weight is 537 g/mol. The molecule has 4 aromatic rings. The molecular formula is C30H28N6O2S. The van der Waals surface area contributed by atoms with E-state index in [9.17, 15) is 18.9 Å². The van der Waals surface area contributed by atoms with E-state index < -0.39 is 10.0 Å². The number of nitrogens with one attached hydrogen (secondary N) is 1. The SMILES string of the molecule is CS(=O)(=O)N1Cc2cc(C#N)ccc2N([C@H](Cc2ccc(C#N)cc2)c2cnc[nH]2)C(Cc2ccccc2)C1. The molecule has 1 aromatic heterocycles. The lowest BCUT2D eigenvalue weighted by molar-refractivity contribution is 0.369. The highest BCUT2D eigenvalue weighted by atomic mass is 32.2. The van der Waals surface area contributed by atoms with E-state index in [0.717, 1.165) is 28.1 Å². The van der Waals surface area contributed by atoms with Gasteiger partial charge in [0, 0.05) is 24.8 Å². The first-order valence-electron chi connectivity index (χ1n) is 12.6. The molecule has 1 aliphatic heterocycles. The first-order chi connectivity index (χ1) is 18.9. The molecule has 0 spiro atoms. The van der Waals surface area contributed by atoms with Gasteiger partial charge in [0.1, 0.15) is 0 Å². The molecule has 0 saturated carbocycles. The highest BCUT2D eigenvalue weighted by Crippen LogP contribution is 2.38. The topological polar surface area (TPSA) is 117 Å². The van der Waals surface area contributed by atoms with Gasteiger partial charge >= 0.3 is 0 Å². The number of imidazole rings is 1. The summed E-state index contributed by atoms with van der Waals surface area (Å²) in [5, 5.41) is 18.9. The van der Waals surface area contributed by atoms with Crippen LogP contribution < -0.4 is 4.90 Å². The maximum atomic E-state index is 13.0. The van der Waals surface area contributed by atoms with E-state index >= 15 is 0 Å². The predicted octanol–water partition coefficient (Wildman–Crippen LogP) is 4.33. The van der Waals surface area contributed by atoms with Crippen LogP contribution in [-0.2, 0) is 29.4 Å². The minimum Gasteiger partial charge on any atom is -0.358 e. The van der Waals surface area contributed by atoms with Crippen molar-refractivity contribution in [2.24, 2.45) is 0 Å². The van der Waals surface area contributed by atoms with Crippen LogP contribution in [0.2, 0.25) is 0 Å². The summed E-state index contributed by atoms with van der Waals surface area (Å²) in [4.78, 5) is 9.88. The second kappa shape index (κ2) is 11.1. The smallest absolute Gasteiger partial charge is 0.211 e. The van der Waals surface area contributed by atoms with E-state index in [2.05, 4.69) is 39.1 Å². The third-order valence-electron chi connectivity index (χ3n) is 7.15. The number of fused-ring (bicyclic) bond motifs is 1. The molecule has 3 aromatic carbocycles. The Morgan fingerprint density at radius 1 is 1.00 bits per heavy atom. The Morgan fingerprint density at radius 2 is 1.72 bits per heavy atom. The second-order valence-electron chi connectivity index (χ2n) is 9.80. The Hall–Kier alpha value is -4.44. The van der Waals surface area contributed by atoms with E-state index in [1.165, 1.54) is 10.6 Å². The summed E-state index contributed by atoms with van der Waals surface area (Å²) in [6.07, 6.45) is 5.89. The van der Waals surface area contributed by atoms with Crippen molar-refractivity contribution in [2.75, 3.05) is 17.7 Å². The van der Waals surface area contributed by atoms with Crippen LogP contribution in [0.5, 0.6) is 0 Å². The first-order valence-corrected chi connectivity index (χ1v) is 14.5. The molecule has 0 aliphatic carbocycles. The molecule has 1 aliphatic rings. The van der Waals surface area contributed by atoms with Crippen LogP contribution in [0.3, 0.4) is 0 Å². The molecule has 2 heterocycles. The number of hydrogen-bond acceptors (Lipinski definition) is 6. The summed E-state index contributed by atoms with van der Waals surface area (Å²) >= 11 is 0. The van der Waals surface area contributed by atoms with E-state index in [4.69, 9.17) is 0 Å². The summed E-state index contributed by atoms with van der Waals surface area (Å²) < 4.78 is 27.4. The third kappa shape index (κ3) is 5.85. The van der Waals surface area contributed by atoms with Gasteiger partial charge in [-0.05, 0) is 59.9 Å². The number of anilines is 1. The van der Waals surface area contributed by atoms with E-state index in [1.54, 1.807) is 24.7 Å². The summed E-state index contributed by atoms with van der Waals surface area (Å²) in [5.74, 6) is 0. The van der Waals surface area contributed by atoms with Gasteiger partial charge < -0.3 is 9.88 Å². The van der Waals surface area contributed by atoms with Crippen LogP contribution in [-0.4, -0.2) is 41.5 Å². The Labute approximate surface area is 228 Å². The van der Waals surface area contributed by atoms with Gasteiger partial charge in [-0.1, -0.05) is 42.5 Å². The Kier molecular flexibility index (Phi) is 7.47. The van der Waals surface area contributed by atoms with Crippen LogP contribution in [0.25, 0.3) is 0 Å². The van der Waals surface area contributed by atoms with Crippen molar-refractivity contribution in [2.45, 2.75) is 31.5 Å². The van der Waals surface area contributed by atoms with E-state index in [-0.39, 0.29) is 25.2 Å². The number of nitrogens with zero attached hydrogens (tertiary/aromatic N) is 5. The number of aromatic nitrogens is 2. The van der Waals surface area contributed by atoms with Gasteiger partial charge in [-0.25, -0.2) is 13.4 Å². The standard InChI is InChI=1S/C30H28N6O2S/c1-39(37,38)35-19-26-13-25(17-32)11-12-29(26)36(27(20-35)14-22-5-3-2-4-6-22)30(28-18-33-21-34-28)15-23-7-9-24(16-31)10-8-23/h2-13,18,21,27,30H,14-15,19-20H2,1H3,(H,33,34)/t27?,30-/m1/s1. The molecule has 1 N–H and O–H groups in total. The molecule has 39 heavy (non-hydrogen) atoms. The van der Waals surface area contributed by atoms with Gasteiger partial charge in [-0.3, -0.25) is 0 Å². The quantitative estimate of drug-likeness (QED) is 0.376. The van der Waals surface area contributed by atoms with Crippen molar-refractivity contribution in [3.63, 3.8) is 0 Å². The van der Waals surface area contributed by atoms with Crippen LogP contribution in [0.15, 0.2) is 85.3 Å². The lowest BCUT2D eigenvalue weighted by Crippen LogP contribution is -2.47. The van der Waals surface area contributed by atoms with Crippen molar-refractivity contribution in [3.8, 4) is 12.1 Å². The number of rotatable bonds is 7. The Morgan fingerprint density at radius 3 is 2.36 bits per heavy atom. The third-order valence-corrected chi connectivity index (χ3v) is 8.37. The van der Waals surface area contributed by atoms with Crippen LogP contribution >= 0.6 is 0 Å². The van der Waals surface area contributed by atoms with Crippen LogP contribution in [0, 0.1) is 22.7 Å². The number of aromatic amines is 1. The lowest BCUT2D eigenvalue weighted by atomic mass is 9.95. The van der Waals surface area contributed by atoms with E-state index in [1.807, 2.05) is 48.5 Å². The van der Waals surface area contributed by atoms with Crippen molar-refractivity contribution < 1.29 is 8.42 Å². The highest BCUT2D eigenvalue weighted by molar-refractivity contribution is 7.88. The molecule has 0 amide bonds. The molecule has 0 saturated heterocycles. The molecule has 0 bridgehead atoms. The fourth-order valence-electron chi connectivity index (χ4n) is 5.28. The normalized spacial score (nSPS) is 16.5. The molecule has 2 atom stereocenters. The summed E-state index contributed by atoms with van der Waals surface area (Å²) in [6, 6.07) is 27.0. The first kappa shape index (κ1) is 26.2. The van der Waals surface area contributed by atoms with Crippen molar-refractivity contribution in [1.29, 1.82) is 10.5 Å². The fraction of sp³-hybridized carbons (Fsp3) is 0.233. The zero-order chi connectivity index (χ0) is 27.4. The lowest BCUT2D eigenvalue weighted by Gasteiger charge is -2.40. The highest BCUT2D eigenvalue weighted by Gasteiger charge is 2.37. The van der Waals surface area contributed by atoms with Gasteiger partial charge in [0.25, 0.3) is 0 Å². The number of benzene rings is 3. The predicted molar refractivity (Wildman–Crippen MR) is 149 cm³/mol. The fourth-order valence-corrected chi connectivity index (χ4v) is 6.09. The second-order valence-corrected chi connectivity index (χ2v) is 11.8. The van der Waals surface area contributed by atoms with E-state index in [0.29, 0.717) is 24.0 Å². The zero-order valence-electron chi connectivity index (χ0n) is 21.5. The van der Waals surface area contributed by atoms with Crippen molar-refractivity contribution in [3.05, 3.63) is 119 Å². The molecular weight excluding hydrogens is 508 g/mol. The maximum absolute atomic E-state index is 13.0. The molecule has 1 unspecified atom stereocenters. The summed E-state index contributed by atoms with van der Waals surface area (Å²) in [6.45, 7) is 0.459.